The molecule has 1 aromatic carbocycles. The molecule has 0 unspecified atom stereocenters. The Bertz CT molecular complexity index is 1050. The molecule has 3 heterocycles. The van der Waals surface area contributed by atoms with E-state index in [2.05, 4.69) is 31.7 Å². The second kappa shape index (κ2) is 8.13. The first-order valence-corrected chi connectivity index (χ1v) is 10.1. The van der Waals surface area contributed by atoms with E-state index in [0.717, 1.165) is 36.8 Å². The van der Waals surface area contributed by atoms with Gasteiger partial charge in [-0.05, 0) is 61.3 Å². The molecule has 0 radical (unpaired) electrons. The van der Waals surface area contributed by atoms with Gasteiger partial charge in [0.2, 0.25) is 5.28 Å². The first-order valence-electron chi connectivity index (χ1n) is 9.35. The number of hydrogen-bond donors (Lipinski definition) is 0. The van der Waals surface area contributed by atoms with Crippen LogP contribution in [0.5, 0.6) is 0 Å². The Morgan fingerprint density at radius 3 is 2.66 bits per heavy atom. The highest BCUT2D eigenvalue weighted by Crippen LogP contribution is 2.29. The summed E-state index contributed by atoms with van der Waals surface area (Å²) in [5.74, 6) is 1.30. The Hall–Kier alpha value is -2.44. The molecular weight excluding hydrogens is 412 g/mol. The number of nitrogens with zero attached hydrogens (tertiary/aromatic N) is 5. The van der Waals surface area contributed by atoms with E-state index in [1.54, 1.807) is 25.3 Å². The summed E-state index contributed by atoms with van der Waals surface area (Å²) < 4.78 is 13.6. The van der Waals surface area contributed by atoms with Crippen molar-refractivity contribution in [2.75, 3.05) is 29.4 Å². The van der Waals surface area contributed by atoms with Crippen LogP contribution in [0.15, 0.2) is 42.6 Å². The molecule has 0 aliphatic carbocycles. The minimum Gasteiger partial charge on any atom is -0.352 e. The molecule has 1 atom stereocenters. The van der Waals surface area contributed by atoms with E-state index in [9.17, 15) is 4.39 Å². The van der Waals surface area contributed by atoms with Crippen LogP contribution in [0, 0.1) is 12.7 Å². The molecule has 1 saturated heterocycles. The Labute approximate surface area is 179 Å². The number of aryl methyl sites for hydroxylation is 1. The topological polar surface area (TPSA) is 45.2 Å². The number of hydrogen-bond acceptors (Lipinski definition) is 5. The molecule has 8 heteroatoms. The SMILES string of the molecule is Cc1cc(-c2cc(N3CCN(c4ncccc4Cl)C[C@@H]3C)nc(Cl)n2)ccc1F. The molecule has 1 aliphatic heterocycles. The monoisotopic (exact) mass is 431 g/mol. The summed E-state index contributed by atoms with van der Waals surface area (Å²) in [4.78, 5) is 17.6. The van der Waals surface area contributed by atoms with Crippen molar-refractivity contribution in [3.8, 4) is 11.3 Å². The van der Waals surface area contributed by atoms with E-state index in [0.29, 0.717) is 16.3 Å². The minimum absolute atomic E-state index is 0.163. The minimum atomic E-state index is -0.243. The van der Waals surface area contributed by atoms with E-state index in [1.807, 2.05) is 18.2 Å². The summed E-state index contributed by atoms with van der Waals surface area (Å²) >= 11 is 12.5. The van der Waals surface area contributed by atoms with Gasteiger partial charge in [0.25, 0.3) is 0 Å². The molecule has 0 amide bonds. The normalized spacial score (nSPS) is 16.9. The maximum absolute atomic E-state index is 13.6. The standard InChI is InChI=1S/C21H20Cl2FN5/c1-13-10-15(5-6-17(13)24)18-11-19(27-21(23)26-18)29-9-8-28(12-14(29)2)20-16(22)4-3-7-25-20/h3-7,10-11,14H,8-9,12H2,1-2H3/t14-/m0/s1. The molecule has 3 aromatic rings. The van der Waals surface area contributed by atoms with Gasteiger partial charge in [-0.25, -0.2) is 19.3 Å². The van der Waals surface area contributed by atoms with Crippen molar-refractivity contribution in [3.63, 3.8) is 0 Å². The predicted octanol–water partition coefficient (Wildman–Crippen LogP) is 5.01. The van der Waals surface area contributed by atoms with Crippen LogP contribution in [0.1, 0.15) is 12.5 Å². The summed E-state index contributed by atoms with van der Waals surface area (Å²) in [5, 5.41) is 0.814. The molecule has 4 rings (SSSR count). The van der Waals surface area contributed by atoms with Crippen molar-refractivity contribution in [1.29, 1.82) is 0 Å². The van der Waals surface area contributed by atoms with Crippen LogP contribution in [0.25, 0.3) is 11.3 Å². The van der Waals surface area contributed by atoms with Crippen molar-refractivity contribution in [3.05, 3.63) is 64.3 Å². The largest absolute Gasteiger partial charge is 0.352 e. The Balaban J connectivity index is 1.60. The zero-order chi connectivity index (χ0) is 20.5. The van der Waals surface area contributed by atoms with Crippen molar-refractivity contribution in [2.24, 2.45) is 0 Å². The van der Waals surface area contributed by atoms with Crippen LogP contribution in [0.2, 0.25) is 10.3 Å². The highest BCUT2D eigenvalue weighted by Gasteiger charge is 2.27. The maximum Gasteiger partial charge on any atom is 0.224 e. The number of anilines is 2. The van der Waals surface area contributed by atoms with E-state index in [1.165, 1.54) is 6.07 Å². The number of benzene rings is 1. The molecule has 0 saturated carbocycles. The van der Waals surface area contributed by atoms with Gasteiger partial charge in [0.1, 0.15) is 17.5 Å². The molecule has 1 fully saturated rings. The number of halogens is 3. The zero-order valence-electron chi connectivity index (χ0n) is 16.1. The van der Waals surface area contributed by atoms with Gasteiger partial charge in [0.15, 0.2) is 0 Å². The van der Waals surface area contributed by atoms with Crippen LogP contribution < -0.4 is 9.80 Å². The number of aromatic nitrogens is 3. The molecule has 0 bridgehead atoms. The second-order valence-electron chi connectivity index (χ2n) is 7.14. The molecule has 0 spiro atoms. The summed E-state index contributed by atoms with van der Waals surface area (Å²) in [6.45, 7) is 6.10. The molecule has 5 nitrogen and oxygen atoms in total. The average Bonchev–Trinajstić information content (AvgIpc) is 2.70. The fourth-order valence-electron chi connectivity index (χ4n) is 3.61. The van der Waals surface area contributed by atoms with Crippen LogP contribution in [-0.4, -0.2) is 40.6 Å². The highest BCUT2D eigenvalue weighted by atomic mass is 35.5. The van der Waals surface area contributed by atoms with Crippen molar-refractivity contribution < 1.29 is 4.39 Å². The van der Waals surface area contributed by atoms with E-state index < -0.39 is 0 Å². The summed E-state index contributed by atoms with van der Waals surface area (Å²) in [6, 6.07) is 10.7. The molecular formula is C21H20Cl2FN5. The van der Waals surface area contributed by atoms with Crippen LogP contribution in [0.4, 0.5) is 16.0 Å². The van der Waals surface area contributed by atoms with Gasteiger partial charge in [-0.3, -0.25) is 0 Å². The quantitative estimate of drug-likeness (QED) is 0.545. The maximum atomic E-state index is 13.6. The lowest BCUT2D eigenvalue weighted by molar-refractivity contribution is 0.542. The van der Waals surface area contributed by atoms with Gasteiger partial charge in [-0.1, -0.05) is 11.6 Å². The van der Waals surface area contributed by atoms with Gasteiger partial charge in [0.05, 0.1) is 10.7 Å². The van der Waals surface area contributed by atoms with Crippen molar-refractivity contribution in [2.45, 2.75) is 19.9 Å². The first kappa shape index (κ1) is 19.9. The van der Waals surface area contributed by atoms with Crippen LogP contribution in [-0.2, 0) is 0 Å². The van der Waals surface area contributed by atoms with Gasteiger partial charge in [0, 0.05) is 43.5 Å². The van der Waals surface area contributed by atoms with Gasteiger partial charge in [-0.15, -0.1) is 0 Å². The summed E-state index contributed by atoms with van der Waals surface area (Å²) in [6.07, 6.45) is 1.75. The van der Waals surface area contributed by atoms with E-state index >= 15 is 0 Å². The van der Waals surface area contributed by atoms with E-state index in [4.69, 9.17) is 23.2 Å². The first-order chi connectivity index (χ1) is 13.9. The van der Waals surface area contributed by atoms with Gasteiger partial charge in [-0.2, -0.15) is 0 Å². The predicted molar refractivity (Wildman–Crippen MR) is 115 cm³/mol. The summed E-state index contributed by atoms with van der Waals surface area (Å²) in [7, 11) is 0. The molecule has 29 heavy (non-hydrogen) atoms. The van der Waals surface area contributed by atoms with Gasteiger partial charge >= 0.3 is 0 Å². The second-order valence-corrected chi connectivity index (χ2v) is 7.89. The lowest BCUT2D eigenvalue weighted by Crippen LogP contribution is -2.52. The van der Waals surface area contributed by atoms with Gasteiger partial charge < -0.3 is 9.80 Å². The molecule has 2 aromatic heterocycles. The smallest absolute Gasteiger partial charge is 0.224 e. The average molecular weight is 432 g/mol. The fourth-order valence-corrected chi connectivity index (χ4v) is 4.02. The third-order valence-corrected chi connectivity index (χ3v) is 5.56. The number of rotatable bonds is 3. The Morgan fingerprint density at radius 2 is 1.93 bits per heavy atom. The van der Waals surface area contributed by atoms with Crippen LogP contribution >= 0.6 is 23.2 Å². The Kier molecular flexibility index (Phi) is 5.56. The van der Waals surface area contributed by atoms with Crippen LogP contribution in [0.3, 0.4) is 0 Å². The number of pyridine rings is 1. The lowest BCUT2D eigenvalue weighted by Gasteiger charge is -2.41. The van der Waals surface area contributed by atoms with Crippen molar-refractivity contribution in [1.82, 2.24) is 15.0 Å². The molecule has 0 N–H and O–H groups in total. The van der Waals surface area contributed by atoms with Crippen molar-refractivity contribution >= 4 is 34.8 Å². The highest BCUT2D eigenvalue weighted by molar-refractivity contribution is 6.32. The molecule has 1 aliphatic rings. The van der Waals surface area contributed by atoms with E-state index in [-0.39, 0.29) is 17.1 Å². The zero-order valence-corrected chi connectivity index (χ0v) is 17.6. The molecule has 150 valence electrons. The third kappa shape index (κ3) is 4.14. The Morgan fingerprint density at radius 1 is 1.10 bits per heavy atom. The lowest BCUT2D eigenvalue weighted by atomic mass is 10.1. The number of piperazine rings is 1. The third-order valence-electron chi connectivity index (χ3n) is 5.10. The fraction of sp³-hybridized carbons (Fsp3) is 0.286. The summed E-state index contributed by atoms with van der Waals surface area (Å²) in [5.41, 5.74) is 2.04.